The molecule has 0 aliphatic rings. The predicted octanol–water partition coefficient (Wildman–Crippen LogP) is 16.2. The Morgan fingerprint density at radius 3 is 2.03 bits per heavy atom. The Hall–Kier alpha value is -8.31. The summed E-state index contributed by atoms with van der Waals surface area (Å²) >= 11 is 0. The van der Waals surface area contributed by atoms with E-state index in [1.807, 2.05) is 91.1 Å². The molecule has 4 heterocycles. The molecule has 13 aromatic rings. The Balaban J connectivity index is 0.00000353. The van der Waals surface area contributed by atoms with Crippen LogP contribution in [0.1, 0.15) is 40.0 Å². The van der Waals surface area contributed by atoms with Gasteiger partial charge in [-0.25, -0.2) is 4.98 Å². The zero-order valence-electron chi connectivity index (χ0n) is 49.4. The first-order valence-corrected chi connectivity index (χ1v) is 22.8. The van der Waals surface area contributed by atoms with Crippen LogP contribution in [0.25, 0.3) is 105 Å². The fraction of sp³-hybridized carbons (Fsp3) is 0.0615. The summed E-state index contributed by atoms with van der Waals surface area (Å²) in [5.41, 5.74) is 7.44. The number of imidazole rings is 1. The number of hydrogen-bond donors (Lipinski definition) is 0. The van der Waals surface area contributed by atoms with Crippen LogP contribution < -0.4 is 9.30 Å². The Bertz CT molecular complexity index is 4610. The number of fused-ring (bicyclic) bond motifs is 7. The van der Waals surface area contributed by atoms with Crippen molar-refractivity contribution in [3.05, 3.63) is 244 Å². The van der Waals surface area contributed by atoms with Gasteiger partial charge in [0.05, 0.1) is 30.4 Å². The fourth-order valence-electron chi connectivity index (χ4n) is 9.41. The van der Waals surface area contributed by atoms with Crippen molar-refractivity contribution >= 4 is 54.8 Å². The number of hydrogen-bond acceptors (Lipinski definition) is 3. The number of aromatic nitrogens is 4. The van der Waals surface area contributed by atoms with Crippen molar-refractivity contribution in [3.8, 4) is 62.1 Å². The van der Waals surface area contributed by atoms with Crippen LogP contribution in [0.3, 0.4) is 0 Å². The van der Waals surface area contributed by atoms with Crippen LogP contribution in [0.15, 0.2) is 217 Å². The van der Waals surface area contributed by atoms with Crippen molar-refractivity contribution in [1.29, 1.82) is 0 Å². The van der Waals surface area contributed by atoms with Gasteiger partial charge in [-0.2, -0.15) is 18.2 Å². The smallest absolute Gasteiger partial charge is 0.510 e. The van der Waals surface area contributed by atoms with Crippen molar-refractivity contribution in [1.82, 2.24) is 14.1 Å². The maximum Gasteiger partial charge on any atom is 4.00 e. The second-order valence-corrected chi connectivity index (χ2v) is 18.1. The second kappa shape index (κ2) is 18.5. The minimum atomic E-state index is -0.588. The maximum absolute atomic E-state index is 9.19. The Morgan fingerprint density at radius 2 is 1.28 bits per heavy atom. The van der Waals surface area contributed by atoms with Gasteiger partial charge < -0.3 is 25.7 Å². The number of pyridine rings is 1. The molecule has 0 saturated carbocycles. The van der Waals surface area contributed by atoms with Gasteiger partial charge in [-0.3, -0.25) is 4.57 Å². The Kier molecular flexibility index (Phi) is 9.16. The molecule has 348 valence electrons. The quantitative estimate of drug-likeness (QED) is 0.113. The number of furan rings is 1. The van der Waals surface area contributed by atoms with Crippen LogP contribution in [0.4, 0.5) is 0 Å². The Labute approximate surface area is 447 Å². The molecule has 0 atom stereocenters. The zero-order valence-corrected chi connectivity index (χ0v) is 41.6. The van der Waals surface area contributed by atoms with E-state index in [1.165, 1.54) is 0 Å². The van der Waals surface area contributed by atoms with E-state index in [1.54, 1.807) is 33.4 Å². The summed E-state index contributed by atoms with van der Waals surface area (Å²) in [5.74, 6) is 1.46. The first-order valence-electron chi connectivity index (χ1n) is 27.8. The van der Waals surface area contributed by atoms with Crippen molar-refractivity contribution in [3.63, 3.8) is 0 Å². The third-order valence-electron chi connectivity index (χ3n) is 12.8. The first-order chi connectivity index (χ1) is 38.5. The predicted molar refractivity (Wildman–Crippen MR) is 289 cm³/mol. The van der Waals surface area contributed by atoms with E-state index >= 15 is 0 Å². The van der Waals surface area contributed by atoms with Crippen LogP contribution in [-0.4, -0.2) is 14.1 Å². The van der Waals surface area contributed by atoms with E-state index in [-0.39, 0.29) is 61.8 Å². The van der Waals surface area contributed by atoms with Gasteiger partial charge in [0, 0.05) is 34.0 Å². The molecular weight excluding hydrogens is 1060 g/mol. The molecule has 0 aliphatic carbocycles. The number of nitrogens with zero attached hydrogens (tertiary/aromatic N) is 4. The van der Waals surface area contributed by atoms with Gasteiger partial charge in [0.15, 0.2) is 0 Å². The molecule has 13 rings (SSSR count). The third-order valence-corrected chi connectivity index (χ3v) is 12.8. The molecule has 0 spiro atoms. The fourth-order valence-corrected chi connectivity index (χ4v) is 9.41. The van der Waals surface area contributed by atoms with Gasteiger partial charge in [-0.1, -0.05) is 166 Å². The number of ether oxygens (including phenoxy) is 1. The van der Waals surface area contributed by atoms with E-state index in [0.717, 1.165) is 55.1 Å². The van der Waals surface area contributed by atoms with Crippen LogP contribution >= 0.6 is 0 Å². The summed E-state index contributed by atoms with van der Waals surface area (Å²) in [4.78, 5) is 4.92. The molecule has 0 N–H and O–H groups in total. The van der Waals surface area contributed by atoms with Gasteiger partial charge in [0.1, 0.15) is 17.0 Å². The molecule has 0 fully saturated rings. The van der Waals surface area contributed by atoms with E-state index in [2.05, 4.69) is 80.2 Å². The molecule has 0 bridgehead atoms. The van der Waals surface area contributed by atoms with Crippen LogP contribution in [0.5, 0.6) is 11.5 Å². The largest absolute Gasteiger partial charge is 4.00 e. The van der Waals surface area contributed by atoms with Crippen molar-refractivity contribution < 1.29 is 48.5 Å². The number of para-hydroxylation sites is 2. The molecule has 4 aromatic heterocycles. The second-order valence-electron chi connectivity index (χ2n) is 18.1. The molecule has 7 heteroatoms. The average Bonchev–Trinajstić information content (AvgIpc) is 4.34. The van der Waals surface area contributed by atoms with Crippen molar-refractivity contribution in [2.75, 3.05) is 0 Å². The minimum absolute atomic E-state index is 0. The standard InChI is InChI=1S/C64H44N4O2.CH3.Pt/c1-64(2,3)46-33-34-65-62(36-46)68-56-35-45(42-17-7-4-8-18-42)29-31-52(56)53-32-30-49(38-57(53)68)69-48-24-15-23-47(37-48)66-41-67(58-39-55-54-25-13-14-28-60(54)70-61(55)40-59(58)66)63-50(43-19-9-5-10-20-43)26-16-27-51(63)44-21-11-6-12-22-44;;/h4-36,39-40H,1-3H3;1H3;/q-2;-1;+4/i5D,6D,9D,10D,11D,12D,19D,20D,21D,22D;;. The van der Waals surface area contributed by atoms with Gasteiger partial charge in [-0.05, 0) is 91.8 Å². The molecule has 6 nitrogen and oxygen atoms in total. The van der Waals surface area contributed by atoms with Gasteiger partial charge >= 0.3 is 21.1 Å². The van der Waals surface area contributed by atoms with E-state index in [4.69, 9.17) is 22.4 Å². The monoisotopic (exact) mass is 1120 g/mol. The van der Waals surface area contributed by atoms with Gasteiger partial charge in [0.25, 0.3) is 6.33 Å². The normalized spacial score (nSPS) is 13.5. The third kappa shape index (κ3) is 7.98. The summed E-state index contributed by atoms with van der Waals surface area (Å²) in [6.45, 7) is 6.52. The Morgan fingerprint density at radius 1 is 0.583 bits per heavy atom. The van der Waals surface area contributed by atoms with Crippen LogP contribution in [-0.2, 0) is 26.5 Å². The summed E-state index contributed by atoms with van der Waals surface area (Å²) in [6, 6.07) is 47.8. The zero-order chi connectivity index (χ0) is 55.6. The molecule has 72 heavy (non-hydrogen) atoms. The topological polar surface area (TPSA) is 49.0 Å². The van der Waals surface area contributed by atoms with E-state index in [0.29, 0.717) is 39.4 Å². The number of rotatable bonds is 8. The van der Waals surface area contributed by atoms with Crippen molar-refractivity contribution in [2.24, 2.45) is 0 Å². The van der Waals surface area contributed by atoms with Crippen LogP contribution in [0, 0.1) is 25.9 Å². The summed E-state index contributed by atoms with van der Waals surface area (Å²) in [5, 5.41) is 3.49. The summed E-state index contributed by atoms with van der Waals surface area (Å²) in [7, 11) is 0. The van der Waals surface area contributed by atoms with Crippen molar-refractivity contribution in [2.45, 2.75) is 26.2 Å². The minimum Gasteiger partial charge on any atom is -0.510 e. The van der Waals surface area contributed by atoms with Crippen LogP contribution in [0.2, 0.25) is 0 Å². The maximum atomic E-state index is 9.19. The first kappa shape index (κ1) is 35.7. The van der Waals surface area contributed by atoms with Gasteiger partial charge in [-0.15, -0.1) is 29.7 Å². The molecule has 0 amide bonds. The molecule has 9 aromatic carbocycles. The van der Waals surface area contributed by atoms with E-state index in [9.17, 15) is 5.48 Å². The summed E-state index contributed by atoms with van der Waals surface area (Å²) < 4.78 is 107. The van der Waals surface area contributed by atoms with Gasteiger partial charge in [0.2, 0.25) is 0 Å². The number of benzene rings is 9. The molecule has 0 saturated heterocycles. The molecule has 0 unspecified atom stereocenters. The molecule has 0 radical (unpaired) electrons. The van der Waals surface area contributed by atoms with E-state index < -0.39 is 60.4 Å². The molecular formula is C65H47N4O2Pt+. The summed E-state index contributed by atoms with van der Waals surface area (Å²) in [6.07, 6.45) is 5.32. The average molecular weight is 1120 g/mol. The molecule has 0 aliphatic heterocycles. The SMILES string of the molecule is [2H]c1c([2H])c([2H])c(-c2cccc(-c3c([2H])c([2H])c([2H])c([2H])c3[2H])c2-[n+]2[c-]n(-c3[c-]c(Oc4[c-]c5c(cc4)c4ccc(-c6ccccc6)cc4n5-c4cc(C(C)(C)C)ccn4)ccc3)c3cc4oc5ccccc5c4cc32)c([2H])c1[2H].[CH3-].[Pt+4].